The highest BCUT2D eigenvalue weighted by molar-refractivity contribution is 7.91. The summed E-state index contributed by atoms with van der Waals surface area (Å²) in [6, 6.07) is 8.86. The molecule has 0 bridgehead atoms. The number of aromatic nitrogens is 1. The Morgan fingerprint density at radius 2 is 2.05 bits per heavy atom. The molecule has 2 rings (SSSR count). The van der Waals surface area contributed by atoms with Crippen LogP contribution in [0.25, 0.3) is 0 Å². The average molecular weight is 322 g/mol. The molecule has 0 saturated carbocycles. The Labute approximate surface area is 129 Å². The van der Waals surface area contributed by atoms with E-state index in [1.54, 1.807) is 25.1 Å². The van der Waals surface area contributed by atoms with Crippen LogP contribution in [0.2, 0.25) is 0 Å². The van der Waals surface area contributed by atoms with Gasteiger partial charge in [0.2, 0.25) is 5.91 Å². The van der Waals surface area contributed by atoms with Crippen LogP contribution in [0.15, 0.2) is 34.9 Å². The van der Waals surface area contributed by atoms with Gasteiger partial charge in [-0.2, -0.15) is 0 Å². The normalized spacial score (nSPS) is 11.4. The second-order valence-corrected chi connectivity index (χ2v) is 7.08. The number of nitrogens with one attached hydrogen (secondary N) is 1. The van der Waals surface area contributed by atoms with Crippen LogP contribution in [0, 0.1) is 6.92 Å². The molecule has 2 aromatic rings. The van der Waals surface area contributed by atoms with Crippen LogP contribution in [0.3, 0.4) is 0 Å². The molecule has 7 heteroatoms. The minimum absolute atomic E-state index is 0.305. The van der Waals surface area contributed by atoms with E-state index in [1.807, 2.05) is 19.1 Å². The van der Waals surface area contributed by atoms with Crippen molar-refractivity contribution in [2.75, 3.05) is 11.1 Å². The standard InChI is InChI=1S/C15H18N2O4S/c1-3-12-6-4-5-7-14(12)16-15(18)10-22(19,20)9-13-8-11(2)21-17-13/h4-8H,3,9-10H2,1-2H3,(H,16,18). The minimum atomic E-state index is -3.59. The molecular formula is C15H18N2O4S. The predicted octanol–water partition coefficient (Wildman–Crippen LogP) is 2.10. The molecule has 0 aliphatic rings. The van der Waals surface area contributed by atoms with Gasteiger partial charge in [-0.25, -0.2) is 8.42 Å². The summed E-state index contributed by atoms with van der Waals surface area (Å²) >= 11 is 0. The highest BCUT2D eigenvalue weighted by Crippen LogP contribution is 2.16. The van der Waals surface area contributed by atoms with Gasteiger partial charge in [0, 0.05) is 11.8 Å². The van der Waals surface area contributed by atoms with Gasteiger partial charge in [0.15, 0.2) is 9.84 Å². The molecule has 22 heavy (non-hydrogen) atoms. The molecule has 1 aromatic carbocycles. The lowest BCUT2D eigenvalue weighted by molar-refractivity contribution is -0.113. The summed E-state index contributed by atoms with van der Waals surface area (Å²) in [4.78, 5) is 12.0. The van der Waals surface area contributed by atoms with E-state index in [-0.39, 0.29) is 5.75 Å². The van der Waals surface area contributed by atoms with Gasteiger partial charge in [-0.15, -0.1) is 0 Å². The summed E-state index contributed by atoms with van der Waals surface area (Å²) < 4.78 is 28.9. The number of hydrogen-bond acceptors (Lipinski definition) is 5. The fourth-order valence-corrected chi connectivity index (χ4v) is 3.26. The largest absolute Gasteiger partial charge is 0.361 e. The van der Waals surface area contributed by atoms with E-state index < -0.39 is 21.5 Å². The molecule has 0 fully saturated rings. The van der Waals surface area contributed by atoms with Crippen molar-refractivity contribution in [1.29, 1.82) is 0 Å². The summed E-state index contributed by atoms with van der Waals surface area (Å²) in [6.45, 7) is 3.64. The van der Waals surface area contributed by atoms with Gasteiger partial charge in [0.05, 0.1) is 11.4 Å². The third-order valence-electron chi connectivity index (χ3n) is 3.07. The molecule has 1 N–H and O–H groups in total. The molecular weight excluding hydrogens is 304 g/mol. The molecule has 118 valence electrons. The Balaban J connectivity index is 2.01. The number of aryl methyl sites for hydroxylation is 2. The lowest BCUT2D eigenvalue weighted by Crippen LogP contribution is -2.24. The summed E-state index contributed by atoms with van der Waals surface area (Å²) in [5.41, 5.74) is 1.90. The Kier molecular flexibility index (Phi) is 4.97. The molecule has 0 aliphatic carbocycles. The lowest BCUT2D eigenvalue weighted by atomic mass is 10.1. The van der Waals surface area contributed by atoms with E-state index in [0.717, 1.165) is 12.0 Å². The Bertz CT molecular complexity index is 765. The summed E-state index contributed by atoms with van der Waals surface area (Å²) in [5, 5.41) is 6.28. The van der Waals surface area contributed by atoms with Gasteiger partial charge in [-0.1, -0.05) is 30.3 Å². The quantitative estimate of drug-likeness (QED) is 0.879. The number of anilines is 1. The first-order valence-corrected chi connectivity index (χ1v) is 8.72. The van der Waals surface area contributed by atoms with Crippen LogP contribution in [-0.2, 0) is 26.8 Å². The molecule has 1 heterocycles. The van der Waals surface area contributed by atoms with Crippen LogP contribution in [0.4, 0.5) is 5.69 Å². The molecule has 0 aliphatic heterocycles. The first-order valence-electron chi connectivity index (χ1n) is 6.90. The number of carbonyl (C=O) groups is 1. The number of carbonyl (C=O) groups excluding carboxylic acids is 1. The fraction of sp³-hybridized carbons (Fsp3) is 0.333. The predicted molar refractivity (Wildman–Crippen MR) is 83.2 cm³/mol. The average Bonchev–Trinajstić information content (AvgIpc) is 2.83. The van der Waals surface area contributed by atoms with E-state index in [1.165, 1.54) is 0 Å². The van der Waals surface area contributed by atoms with E-state index in [9.17, 15) is 13.2 Å². The summed E-state index contributed by atoms with van der Waals surface area (Å²) in [7, 11) is -3.59. The summed E-state index contributed by atoms with van der Waals surface area (Å²) in [5.74, 6) is -0.919. The van der Waals surface area contributed by atoms with Crippen LogP contribution >= 0.6 is 0 Å². The highest BCUT2D eigenvalue weighted by Gasteiger charge is 2.20. The molecule has 0 spiro atoms. The minimum Gasteiger partial charge on any atom is -0.361 e. The van der Waals surface area contributed by atoms with Crippen molar-refractivity contribution >= 4 is 21.4 Å². The zero-order valence-corrected chi connectivity index (χ0v) is 13.3. The first-order chi connectivity index (χ1) is 10.4. The topological polar surface area (TPSA) is 89.3 Å². The third kappa shape index (κ3) is 4.42. The smallest absolute Gasteiger partial charge is 0.239 e. The molecule has 0 radical (unpaired) electrons. The fourth-order valence-electron chi connectivity index (χ4n) is 2.10. The Morgan fingerprint density at radius 3 is 2.68 bits per heavy atom. The van der Waals surface area contributed by atoms with E-state index in [2.05, 4.69) is 10.5 Å². The maximum Gasteiger partial charge on any atom is 0.239 e. The zero-order valence-electron chi connectivity index (χ0n) is 12.5. The van der Waals surface area contributed by atoms with Crippen LogP contribution in [-0.4, -0.2) is 25.2 Å². The Hall–Kier alpha value is -2.15. The van der Waals surface area contributed by atoms with E-state index in [4.69, 9.17) is 4.52 Å². The SMILES string of the molecule is CCc1ccccc1NC(=O)CS(=O)(=O)Cc1cc(C)on1. The third-order valence-corrected chi connectivity index (χ3v) is 4.51. The van der Waals surface area contributed by atoms with Gasteiger partial charge >= 0.3 is 0 Å². The van der Waals surface area contributed by atoms with Crippen LogP contribution in [0.5, 0.6) is 0 Å². The molecule has 0 unspecified atom stereocenters. The van der Waals surface area contributed by atoms with Gasteiger partial charge in [-0.05, 0) is 25.0 Å². The van der Waals surface area contributed by atoms with Crippen molar-refractivity contribution in [3.8, 4) is 0 Å². The first kappa shape index (κ1) is 16.2. The second-order valence-electron chi connectivity index (χ2n) is 5.02. The maximum absolute atomic E-state index is 12.0. The number of rotatable bonds is 6. The van der Waals surface area contributed by atoms with Crippen molar-refractivity contribution in [3.05, 3.63) is 47.3 Å². The highest BCUT2D eigenvalue weighted by atomic mass is 32.2. The van der Waals surface area contributed by atoms with Crippen molar-refractivity contribution in [2.45, 2.75) is 26.0 Å². The van der Waals surface area contributed by atoms with Gasteiger partial charge < -0.3 is 9.84 Å². The molecule has 0 saturated heterocycles. The number of benzene rings is 1. The Morgan fingerprint density at radius 1 is 1.32 bits per heavy atom. The van der Waals surface area contributed by atoms with Crippen molar-refractivity contribution < 1.29 is 17.7 Å². The van der Waals surface area contributed by atoms with Crippen molar-refractivity contribution in [2.24, 2.45) is 0 Å². The van der Waals surface area contributed by atoms with Gasteiger partial charge in [0.1, 0.15) is 11.5 Å². The van der Waals surface area contributed by atoms with E-state index >= 15 is 0 Å². The number of sulfone groups is 1. The second kappa shape index (κ2) is 6.74. The van der Waals surface area contributed by atoms with E-state index in [0.29, 0.717) is 17.1 Å². The monoisotopic (exact) mass is 322 g/mol. The zero-order chi connectivity index (χ0) is 16.2. The molecule has 0 atom stereocenters. The van der Waals surface area contributed by atoms with Gasteiger partial charge in [0.25, 0.3) is 0 Å². The molecule has 1 amide bonds. The van der Waals surface area contributed by atoms with Crippen LogP contribution in [0.1, 0.15) is 23.9 Å². The number of nitrogens with zero attached hydrogens (tertiary/aromatic N) is 1. The lowest BCUT2D eigenvalue weighted by Gasteiger charge is -2.09. The molecule has 6 nitrogen and oxygen atoms in total. The van der Waals surface area contributed by atoms with Crippen molar-refractivity contribution in [3.63, 3.8) is 0 Å². The number of hydrogen-bond donors (Lipinski definition) is 1. The van der Waals surface area contributed by atoms with Gasteiger partial charge in [-0.3, -0.25) is 4.79 Å². The summed E-state index contributed by atoms with van der Waals surface area (Å²) in [6.07, 6.45) is 0.751. The molecule has 1 aromatic heterocycles. The number of para-hydroxylation sites is 1. The maximum atomic E-state index is 12.0. The van der Waals surface area contributed by atoms with Crippen LogP contribution < -0.4 is 5.32 Å². The van der Waals surface area contributed by atoms with Crippen molar-refractivity contribution in [1.82, 2.24) is 5.16 Å². The number of amides is 1.